The number of nitrogens with one attached hydrogen (secondary N) is 1. The molecule has 1 N–H and O–H groups in total. The van der Waals surface area contributed by atoms with Crippen LogP contribution in [0.4, 0.5) is 0 Å². The fraction of sp³-hybridized carbons (Fsp3) is 0.900. The van der Waals surface area contributed by atoms with Crippen LogP contribution in [0.15, 0.2) is 0 Å². The summed E-state index contributed by atoms with van der Waals surface area (Å²) in [6.07, 6.45) is 3.40. The molecule has 2 nitrogen and oxygen atoms in total. The summed E-state index contributed by atoms with van der Waals surface area (Å²) in [5.41, 5.74) is 0. The van der Waals surface area contributed by atoms with Crippen LogP contribution in [-0.4, -0.2) is 11.9 Å². The Morgan fingerprint density at radius 2 is 1.83 bits per heavy atom. The Morgan fingerprint density at radius 1 is 1.25 bits per heavy atom. The van der Waals surface area contributed by atoms with Crippen LogP contribution in [0.25, 0.3) is 0 Å². The molecule has 0 heterocycles. The zero-order valence-electron chi connectivity index (χ0n) is 7.84. The smallest absolute Gasteiger partial charge is 0.223 e. The van der Waals surface area contributed by atoms with Gasteiger partial charge in [0.25, 0.3) is 0 Å². The van der Waals surface area contributed by atoms with Crippen molar-refractivity contribution >= 4 is 5.91 Å². The molecule has 12 heavy (non-hydrogen) atoms. The minimum atomic E-state index is 0.308. The van der Waals surface area contributed by atoms with Crippen LogP contribution < -0.4 is 5.32 Å². The molecule has 0 aromatic rings. The SMILES string of the molecule is CC1CC(C(=O)NC2CC2C)C1. The van der Waals surface area contributed by atoms with Gasteiger partial charge in [-0.25, -0.2) is 0 Å². The monoisotopic (exact) mass is 167 g/mol. The highest BCUT2D eigenvalue weighted by Crippen LogP contribution is 2.35. The molecule has 0 bridgehead atoms. The zero-order chi connectivity index (χ0) is 8.72. The van der Waals surface area contributed by atoms with E-state index in [2.05, 4.69) is 19.2 Å². The highest BCUT2D eigenvalue weighted by atomic mass is 16.2. The third kappa shape index (κ3) is 1.47. The van der Waals surface area contributed by atoms with Crippen molar-refractivity contribution in [1.29, 1.82) is 0 Å². The van der Waals surface area contributed by atoms with Crippen molar-refractivity contribution in [2.24, 2.45) is 17.8 Å². The van der Waals surface area contributed by atoms with Gasteiger partial charge in [0.2, 0.25) is 5.91 Å². The second-order valence-corrected chi connectivity index (χ2v) is 4.60. The molecule has 0 radical (unpaired) electrons. The summed E-state index contributed by atoms with van der Waals surface area (Å²) in [6, 6.07) is 0.508. The maximum absolute atomic E-state index is 11.5. The van der Waals surface area contributed by atoms with Crippen molar-refractivity contribution in [2.45, 2.75) is 39.2 Å². The maximum atomic E-state index is 11.5. The number of amides is 1. The number of rotatable bonds is 2. The van der Waals surface area contributed by atoms with Crippen LogP contribution in [-0.2, 0) is 4.79 Å². The first kappa shape index (κ1) is 8.09. The summed E-state index contributed by atoms with van der Waals surface area (Å²) in [5, 5.41) is 3.09. The Labute approximate surface area is 73.7 Å². The average molecular weight is 167 g/mol. The van der Waals surface area contributed by atoms with Gasteiger partial charge in [0.1, 0.15) is 0 Å². The van der Waals surface area contributed by atoms with Crippen molar-refractivity contribution < 1.29 is 4.79 Å². The third-order valence-corrected chi connectivity index (χ3v) is 3.18. The van der Waals surface area contributed by atoms with Gasteiger partial charge in [0.05, 0.1) is 0 Å². The van der Waals surface area contributed by atoms with Gasteiger partial charge in [0, 0.05) is 12.0 Å². The van der Waals surface area contributed by atoms with E-state index in [-0.39, 0.29) is 0 Å². The fourth-order valence-corrected chi connectivity index (χ4v) is 1.94. The van der Waals surface area contributed by atoms with Gasteiger partial charge in [-0.15, -0.1) is 0 Å². The molecule has 2 saturated carbocycles. The van der Waals surface area contributed by atoms with Gasteiger partial charge in [-0.2, -0.15) is 0 Å². The molecule has 2 heteroatoms. The summed E-state index contributed by atoms with van der Waals surface area (Å²) < 4.78 is 0. The molecule has 68 valence electrons. The summed E-state index contributed by atoms with van der Waals surface area (Å²) in [6.45, 7) is 4.40. The quantitative estimate of drug-likeness (QED) is 0.664. The highest BCUT2D eigenvalue weighted by Gasteiger charge is 2.38. The van der Waals surface area contributed by atoms with Crippen LogP contribution >= 0.6 is 0 Å². The Hall–Kier alpha value is -0.530. The molecule has 2 atom stereocenters. The minimum absolute atomic E-state index is 0.308. The van der Waals surface area contributed by atoms with E-state index < -0.39 is 0 Å². The van der Waals surface area contributed by atoms with Crippen molar-refractivity contribution in [2.75, 3.05) is 0 Å². The Morgan fingerprint density at radius 3 is 2.25 bits per heavy atom. The lowest BCUT2D eigenvalue weighted by molar-refractivity contribution is -0.129. The minimum Gasteiger partial charge on any atom is -0.353 e. The van der Waals surface area contributed by atoms with E-state index in [4.69, 9.17) is 0 Å². The first-order valence-corrected chi connectivity index (χ1v) is 4.97. The van der Waals surface area contributed by atoms with Crippen molar-refractivity contribution in [3.05, 3.63) is 0 Å². The molecular formula is C10H17NO. The summed E-state index contributed by atoms with van der Waals surface area (Å²) in [5.74, 6) is 2.15. The largest absolute Gasteiger partial charge is 0.353 e. The lowest BCUT2D eigenvalue weighted by Gasteiger charge is -2.31. The third-order valence-electron chi connectivity index (χ3n) is 3.18. The molecule has 2 aliphatic rings. The van der Waals surface area contributed by atoms with Crippen molar-refractivity contribution in [3.63, 3.8) is 0 Å². The Balaban J connectivity index is 1.71. The zero-order valence-corrected chi connectivity index (χ0v) is 7.84. The fourth-order valence-electron chi connectivity index (χ4n) is 1.94. The van der Waals surface area contributed by atoms with Crippen LogP contribution in [0.1, 0.15) is 33.1 Å². The van der Waals surface area contributed by atoms with Gasteiger partial charge >= 0.3 is 0 Å². The lowest BCUT2D eigenvalue weighted by Crippen LogP contribution is -2.39. The van der Waals surface area contributed by atoms with E-state index in [0.29, 0.717) is 17.9 Å². The van der Waals surface area contributed by atoms with Gasteiger partial charge < -0.3 is 5.32 Å². The number of carbonyl (C=O) groups is 1. The van der Waals surface area contributed by atoms with Crippen LogP contribution in [0.2, 0.25) is 0 Å². The Kier molecular flexibility index (Phi) is 1.85. The molecule has 2 rings (SSSR count). The summed E-state index contributed by atoms with van der Waals surface area (Å²) in [7, 11) is 0. The lowest BCUT2D eigenvalue weighted by atomic mass is 9.75. The predicted octanol–water partition coefficient (Wildman–Crippen LogP) is 1.56. The number of hydrogen-bond donors (Lipinski definition) is 1. The second kappa shape index (κ2) is 2.75. The predicted molar refractivity (Wildman–Crippen MR) is 47.6 cm³/mol. The van der Waals surface area contributed by atoms with Gasteiger partial charge in [-0.1, -0.05) is 13.8 Å². The molecular weight excluding hydrogens is 150 g/mol. The van der Waals surface area contributed by atoms with Gasteiger partial charge in [-0.3, -0.25) is 4.79 Å². The van der Waals surface area contributed by atoms with Crippen LogP contribution in [0, 0.1) is 17.8 Å². The second-order valence-electron chi connectivity index (χ2n) is 4.60. The van der Waals surface area contributed by atoms with Crippen LogP contribution in [0.3, 0.4) is 0 Å². The maximum Gasteiger partial charge on any atom is 0.223 e. The van der Waals surface area contributed by atoms with E-state index in [1.807, 2.05) is 0 Å². The normalized spacial score (nSPS) is 44.8. The highest BCUT2D eigenvalue weighted by molar-refractivity contribution is 5.80. The summed E-state index contributed by atoms with van der Waals surface area (Å²) in [4.78, 5) is 11.5. The van der Waals surface area contributed by atoms with Crippen molar-refractivity contribution in [3.8, 4) is 0 Å². The van der Waals surface area contributed by atoms with E-state index >= 15 is 0 Å². The molecule has 2 aliphatic carbocycles. The average Bonchev–Trinajstić information content (AvgIpc) is 2.60. The molecule has 2 unspecified atom stereocenters. The molecule has 2 fully saturated rings. The first-order chi connectivity index (χ1) is 5.66. The topological polar surface area (TPSA) is 29.1 Å². The Bertz CT molecular complexity index is 196. The van der Waals surface area contributed by atoms with Gasteiger partial charge in [0.15, 0.2) is 0 Å². The van der Waals surface area contributed by atoms with Crippen molar-refractivity contribution in [1.82, 2.24) is 5.32 Å². The molecule has 1 amide bonds. The molecule has 0 aliphatic heterocycles. The van der Waals surface area contributed by atoms with Crippen LogP contribution in [0.5, 0.6) is 0 Å². The standard InChI is InChI=1S/C10H17NO/c1-6-3-8(4-6)10(12)11-9-5-7(9)2/h6-9H,3-5H2,1-2H3,(H,11,12). The molecule has 0 aromatic carbocycles. The molecule has 0 saturated heterocycles. The first-order valence-electron chi connectivity index (χ1n) is 4.97. The number of carbonyl (C=O) groups excluding carboxylic acids is 1. The van der Waals surface area contributed by atoms with Gasteiger partial charge in [-0.05, 0) is 31.1 Å². The molecule has 0 aromatic heterocycles. The molecule has 0 spiro atoms. The number of hydrogen-bond acceptors (Lipinski definition) is 1. The van der Waals surface area contributed by atoms with E-state index in [1.54, 1.807) is 0 Å². The van der Waals surface area contributed by atoms with E-state index in [9.17, 15) is 4.79 Å². The summed E-state index contributed by atoms with van der Waals surface area (Å²) >= 11 is 0. The van der Waals surface area contributed by atoms with E-state index in [0.717, 1.165) is 24.7 Å². The van der Waals surface area contributed by atoms with E-state index in [1.165, 1.54) is 6.42 Å².